The number of hydrogen-bond donors (Lipinski definition) is 0. The number of thiazole rings is 2. The van der Waals surface area contributed by atoms with Crippen LogP contribution >= 0.6 is 45.9 Å². The van der Waals surface area contributed by atoms with E-state index in [1.54, 1.807) is 46.5 Å². The summed E-state index contributed by atoms with van der Waals surface area (Å²) in [7, 11) is 4.85. The van der Waals surface area contributed by atoms with Gasteiger partial charge in [0.25, 0.3) is 0 Å². The van der Waals surface area contributed by atoms with Crippen molar-refractivity contribution < 1.29 is 33.3 Å². The third kappa shape index (κ3) is 14.8. The number of carbonyl (C=O) groups is 3. The molecule has 0 radical (unpaired) electrons. The van der Waals surface area contributed by atoms with Crippen molar-refractivity contribution in [2.24, 2.45) is 0 Å². The molecule has 13 nitrogen and oxygen atoms in total. The number of rotatable bonds is 10. The van der Waals surface area contributed by atoms with Gasteiger partial charge in [-0.15, -0.1) is 22.7 Å². The first-order valence-corrected chi connectivity index (χ1v) is 29.6. The number of carbonyl (C=O) groups excluding carboxylic acids is 3. The second-order valence-electron chi connectivity index (χ2n) is 26.0. The number of likely N-dealkylation sites (tertiary alicyclic amines) is 2. The monoisotopic (exact) mass is 1150 g/mol. The lowest BCUT2D eigenvalue weighted by Gasteiger charge is -2.32. The molecule has 2 amide bonds. The van der Waals surface area contributed by atoms with Gasteiger partial charge in [-0.3, -0.25) is 14.3 Å². The summed E-state index contributed by atoms with van der Waals surface area (Å²) >= 11 is 16.8. The summed E-state index contributed by atoms with van der Waals surface area (Å²) in [5, 5.41) is 6.58. The van der Waals surface area contributed by atoms with E-state index in [0.717, 1.165) is 103 Å². The van der Waals surface area contributed by atoms with Gasteiger partial charge in [0.05, 0.1) is 43.5 Å². The zero-order chi connectivity index (χ0) is 58.2. The van der Waals surface area contributed by atoms with Crippen molar-refractivity contribution in [2.45, 2.75) is 195 Å². The van der Waals surface area contributed by atoms with Gasteiger partial charge in [-0.25, -0.2) is 14.8 Å². The average Bonchev–Trinajstić information content (AvgIpc) is 4.06. The quantitative estimate of drug-likeness (QED) is 0.124. The first-order chi connectivity index (χ1) is 36.1. The Hall–Kier alpha value is -4.70. The highest BCUT2D eigenvalue weighted by atomic mass is 35.5. The van der Waals surface area contributed by atoms with Gasteiger partial charge < -0.3 is 28.7 Å². The van der Waals surface area contributed by atoms with Crippen LogP contribution in [0.1, 0.15) is 191 Å². The minimum Gasteiger partial charge on any atom is -0.496 e. The van der Waals surface area contributed by atoms with Crippen LogP contribution in [0.2, 0.25) is 8.67 Å². The van der Waals surface area contributed by atoms with Crippen molar-refractivity contribution in [2.75, 3.05) is 47.5 Å². The second kappa shape index (κ2) is 24.2. The third-order valence-corrected chi connectivity index (χ3v) is 17.5. The topological polar surface area (TPSA) is 138 Å². The molecule has 0 bridgehead atoms. The molecule has 7 rings (SSSR count). The zero-order valence-electron chi connectivity index (χ0n) is 50.1. The van der Waals surface area contributed by atoms with Crippen LogP contribution in [0.25, 0.3) is 22.5 Å². The number of benzene rings is 2. The molecule has 0 N–H and O–H groups in total. The van der Waals surface area contributed by atoms with E-state index in [2.05, 4.69) is 112 Å². The van der Waals surface area contributed by atoms with Crippen LogP contribution < -0.4 is 9.47 Å². The molecule has 0 spiro atoms. The molecule has 5 heterocycles. The number of hydrogen-bond acceptors (Lipinski definition) is 12. The Morgan fingerprint density at radius 2 is 0.974 bits per heavy atom. The molecule has 17 heteroatoms. The molecular formula is C61H86Cl2N6O7S2. The number of ether oxygens (including phenoxy) is 4. The fourth-order valence-electron chi connectivity index (χ4n) is 10.0. The number of amides is 2. The predicted octanol–water partition coefficient (Wildman–Crippen LogP) is 15.2. The van der Waals surface area contributed by atoms with Crippen molar-refractivity contribution in [3.8, 4) is 34.0 Å². The van der Waals surface area contributed by atoms with Gasteiger partial charge in [0.15, 0.2) is 0 Å². The molecule has 3 aromatic heterocycles. The van der Waals surface area contributed by atoms with Crippen LogP contribution in [-0.2, 0) is 53.7 Å². The summed E-state index contributed by atoms with van der Waals surface area (Å²) in [5.74, 6) is 2.06. The van der Waals surface area contributed by atoms with Crippen LogP contribution in [-0.4, -0.2) is 101 Å². The van der Waals surface area contributed by atoms with Crippen molar-refractivity contribution in [3.05, 3.63) is 82.2 Å². The van der Waals surface area contributed by atoms with Crippen LogP contribution in [0.5, 0.6) is 11.5 Å². The van der Waals surface area contributed by atoms with E-state index in [1.807, 2.05) is 39.5 Å². The number of nitrogens with zero attached hydrogens (tertiary/aromatic N) is 6. The van der Waals surface area contributed by atoms with Gasteiger partial charge in [-0.2, -0.15) is 5.10 Å². The van der Waals surface area contributed by atoms with E-state index < -0.39 is 5.60 Å². The third-order valence-electron chi connectivity index (χ3n) is 14.7. The van der Waals surface area contributed by atoms with E-state index in [4.69, 9.17) is 52.1 Å². The molecule has 0 aliphatic carbocycles. The maximum atomic E-state index is 13.2. The Labute approximate surface area is 483 Å². The molecule has 428 valence electrons. The van der Waals surface area contributed by atoms with Crippen LogP contribution in [0.4, 0.5) is 4.79 Å². The predicted molar refractivity (Wildman–Crippen MR) is 319 cm³/mol. The number of piperidine rings is 2. The number of halogens is 2. The molecule has 0 saturated carbocycles. The van der Waals surface area contributed by atoms with Crippen molar-refractivity contribution in [1.29, 1.82) is 0 Å². The lowest BCUT2D eigenvalue weighted by Crippen LogP contribution is -2.41. The summed E-state index contributed by atoms with van der Waals surface area (Å²) in [4.78, 5) is 51.2. The standard InChI is InChI=1S/C33H45ClN4O4S.C28H41ClN2O3S/c1-19-20(2)38(36-25(19)17-27(40)41-9)18-26(39)37-13-11-21(12-14-37)31-35-28(30(34)43-31)22-15-23(32(3,4)5)29(42-10)24(16-22)33(6,7)8;1-26(2,3)19-15-18(16-20(22(19)33-10)27(4,5)6)21-23(29)35-24(30-21)17-11-13-31(14-12-17)25(32)34-28(7,8)9/h15-16,21H,11-14,17-18H2,1-10H3;15-17H,11-14H2,1-10H3. The van der Waals surface area contributed by atoms with Gasteiger partial charge >= 0.3 is 12.1 Å². The highest BCUT2D eigenvalue weighted by molar-refractivity contribution is 7.16. The molecular weight excluding hydrogens is 1060 g/mol. The average molecular weight is 1150 g/mol. The minimum absolute atomic E-state index is 0.0224. The summed E-state index contributed by atoms with van der Waals surface area (Å²) in [6.07, 6.45) is 3.21. The Morgan fingerprint density at radius 1 is 0.603 bits per heavy atom. The van der Waals surface area contributed by atoms with Crippen LogP contribution in [0.15, 0.2) is 24.3 Å². The smallest absolute Gasteiger partial charge is 0.410 e. The highest BCUT2D eigenvalue weighted by Gasteiger charge is 2.34. The van der Waals surface area contributed by atoms with Crippen molar-refractivity contribution in [3.63, 3.8) is 0 Å². The normalized spacial score (nSPS) is 15.3. The number of methoxy groups -OCH3 is 3. The second-order valence-corrected chi connectivity index (χ2v) is 29.3. The number of esters is 1. The lowest BCUT2D eigenvalue weighted by atomic mass is 9.78. The van der Waals surface area contributed by atoms with E-state index in [1.165, 1.54) is 7.11 Å². The maximum Gasteiger partial charge on any atom is 0.410 e. The highest BCUT2D eigenvalue weighted by Crippen LogP contribution is 2.48. The summed E-state index contributed by atoms with van der Waals surface area (Å²) in [6, 6.07) is 8.72. The van der Waals surface area contributed by atoms with Crippen molar-refractivity contribution >= 4 is 63.8 Å². The fourth-order valence-corrected chi connectivity index (χ4v) is 12.8. The molecule has 78 heavy (non-hydrogen) atoms. The molecule has 2 aliphatic heterocycles. The largest absolute Gasteiger partial charge is 0.496 e. The molecule has 0 atom stereocenters. The zero-order valence-corrected chi connectivity index (χ0v) is 53.3. The Kier molecular flexibility index (Phi) is 19.4. The fraction of sp³-hybridized carbons (Fsp3) is 0.607. The molecule has 2 saturated heterocycles. The minimum atomic E-state index is -0.484. The van der Waals surface area contributed by atoms with E-state index in [0.29, 0.717) is 40.5 Å². The van der Waals surface area contributed by atoms with Gasteiger partial charge in [0.2, 0.25) is 5.91 Å². The number of aromatic nitrogens is 4. The first-order valence-electron chi connectivity index (χ1n) is 27.2. The van der Waals surface area contributed by atoms with Gasteiger partial charge in [0.1, 0.15) is 43.7 Å². The molecule has 2 aliphatic rings. The van der Waals surface area contributed by atoms with Crippen LogP contribution in [0.3, 0.4) is 0 Å². The van der Waals surface area contributed by atoms with Gasteiger partial charge in [-0.05, 0) is 112 Å². The Bertz CT molecular complexity index is 2890. The van der Waals surface area contributed by atoms with Crippen molar-refractivity contribution in [1.82, 2.24) is 29.5 Å². The van der Waals surface area contributed by atoms with Gasteiger partial charge in [-0.1, -0.05) is 106 Å². The summed E-state index contributed by atoms with van der Waals surface area (Å²) < 4.78 is 25.3. The molecule has 5 aromatic rings. The maximum absolute atomic E-state index is 13.2. The Balaban J connectivity index is 0.000000258. The van der Waals surface area contributed by atoms with E-state index >= 15 is 0 Å². The summed E-state index contributed by atoms with van der Waals surface area (Å²) in [5.41, 5.74) is 9.77. The lowest BCUT2D eigenvalue weighted by molar-refractivity contribution is -0.139. The van der Waals surface area contributed by atoms with E-state index in [9.17, 15) is 14.4 Å². The van der Waals surface area contributed by atoms with Gasteiger partial charge in [0, 0.05) is 77.1 Å². The molecule has 2 aromatic carbocycles. The van der Waals surface area contributed by atoms with E-state index in [-0.39, 0.29) is 64.4 Å². The summed E-state index contributed by atoms with van der Waals surface area (Å²) in [6.45, 7) is 38.7. The molecule has 0 unspecified atom stereocenters. The first kappa shape index (κ1) is 62.5. The van der Waals surface area contributed by atoms with Crippen LogP contribution in [0, 0.1) is 13.8 Å². The Morgan fingerprint density at radius 3 is 1.31 bits per heavy atom. The SMILES string of the molecule is COC(=O)Cc1nn(CC(=O)N2CCC(c3nc(-c4cc(C(C)(C)C)c(OC)c(C(C)(C)C)c4)c(Cl)s3)CC2)c(C)c1C.COc1c(C(C)(C)C)cc(-c2nc(C3CCN(C(=O)OC(C)(C)C)CC3)sc2Cl)cc1C(C)(C)C. The molecule has 2 fully saturated rings.